The van der Waals surface area contributed by atoms with E-state index in [0.29, 0.717) is 16.1 Å². The molecule has 0 spiro atoms. The van der Waals surface area contributed by atoms with Crippen molar-refractivity contribution in [3.05, 3.63) is 70.2 Å². The number of nitrogens with one attached hydrogen (secondary N) is 1. The van der Waals surface area contributed by atoms with Crippen LogP contribution in [-0.2, 0) is 4.79 Å². The molecule has 1 amide bonds. The topological polar surface area (TPSA) is 66.4 Å². The van der Waals surface area contributed by atoms with Crippen molar-refractivity contribution in [1.29, 1.82) is 0 Å². The molecule has 0 aliphatic heterocycles. The maximum absolute atomic E-state index is 12.0. The second-order valence-corrected chi connectivity index (χ2v) is 6.10. The Kier molecular flexibility index (Phi) is 6.53. The zero-order chi connectivity index (χ0) is 17.5. The first-order valence-corrected chi connectivity index (χ1v) is 8.13. The summed E-state index contributed by atoms with van der Waals surface area (Å²) in [6, 6.07) is 14.1. The van der Waals surface area contributed by atoms with Crippen LogP contribution in [0.1, 0.15) is 40.4 Å². The SMILES string of the molecule is Cc1ccc(C(=O)CCC(=O)NCC(O)c2ccc(Cl)cc2)cc1. The molecule has 2 N–H and O–H groups in total. The molecule has 0 bridgehead atoms. The van der Waals surface area contributed by atoms with Gasteiger partial charge in [-0.25, -0.2) is 0 Å². The van der Waals surface area contributed by atoms with E-state index in [9.17, 15) is 14.7 Å². The minimum absolute atomic E-state index is 0.0663. The van der Waals surface area contributed by atoms with Gasteiger partial charge in [0.1, 0.15) is 0 Å². The number of aliphatic hydroxyl groups is 1. The molecular formula is C19H20ClNO3. The summed E-state index contributed by atoms with van der Waals surface area (Å²) in [6.07, 6.45) is -0.564. The molecule has 0 aliphatic carbocycles. The van der Waals surface area contributed by atoms with E-state index in [-0.39, 0.29) is 31.1 Å². The predicted octanol–water partition coefficient (Wildman–Crippen LogP) is 3.46. The highest BCUT2D eigenvalue weighted by atomic mass is 35.5. The molecule has 0 fully saturated rings. The van der Waals surface area contributed by atoms with Crippen molar-refractivity contribution in [2.45, 2.75) is 25.9 Å². The lowest BCUT2D eigenvalue weighted by Crippen LogP contribution is -2.28. The summed E-state index contributed by atoms with van der Waals surface area (Å²) in [4.78, 5) is 23.8. The lowest BCUT2D eigenvalue weighted by Gasteiger charge is -2.12. The number of amides is 1. The predicted molar refractivity (Wildman–Crippen MR) is 94.2 cm³/mol. The van der Waals surface area contributed by atoms with Gasteiger partial charge >= 0.3 is 0 Å². The van der Waals surface area contributed by atoms with Crippen LogP contribution in [0.3, 0.4) is 0 Å². The maximum Gasteiger partial charge on any atom is 0.220 e. The summed E-state index contributed by atoms with van der Waals surface area (Å²) >= 11 is 5.79. The third-order valence-electron chi connectivity index (χ3n) is 3.70. The normalized spacial score (nSPS) is 11.8. The monoisotopic (exact) mass is 345 g/mol. The Morgan fingerprint density at radius 3 is 2.29 bits per heavy atom. The van der Waals surface area contributed by atoms with Gasteiger partial charge in [0, 0.05) is 30.0 Å². The quantitative estimate of drug-likeness (QED) is 0.755. The molecule has 1 atom stereocenters. The molecule has 0 saturated heterocycles. The molecule has 24 heavy (non-hydrogen) atoms. The van der Waals surface area contributed by atoms with Gasteiger partial charge in [0.15, 0.2) is 5.78 Å². The Labute approximate surface area is 146 Å². The van der Waals surface area contributed by atoms with Crippen molar-refractivity contribution in [3.63, 3.8) is 0 Å². The number of hydrogen-bond acceptors (Lipinski definition) is 3. The van der Waals surface area contributed by atoms with Crippen LogP contribution in [0.15, 0.2) is 48.5 Å². The van der Waals surface area contributed by atoms with Crippen LogP contribution in [0.2, 0.25) is 5.02 Å². The number of benzene rings is 2. The lowest BCUT2D eigenvalue weighted by molar-refractivity contribution is -0.121. The Bertz CT molecular complexity index is 696. The smallest absolute Gasteiger partial charge is 0.220 e. The average molecular weight is 346 g/mol. The van der Waals surface area contributed by atoms with Crippen LogP contribution in [-0.4, -0.2) is 23.3 Å². The zero-order valence-corrected chi connectivity index (χ0v) is 14.2. The molecule has 0 radical (unpaired) electrons. The molecule has 0 aromatic heterocycles. The number of Topliss-reactive ketones (excluding diaryl/α,β-unsaturated/α-hetero) is 1. The summed E-state index contributed by atoms with van der Waals surface area (Å²) in [5, 5.41) is 13.2. The number of carbonyl (C=O) groups is 2. The van der Waals surface area contributed by atoms with Crippen LogP contribution >= 0.6 is 11.6 Å². The molecule has 2 aromatic carbocycles. The number of hydrogen-bond donors (Lipinski definition) is 2. The first-order chi connectivity index (χ1) is 11.5. The molecule has 0 aliphatic rings. The molecule has 0 saturated carbocycles. The second kappa shape index (κ2) is 8.62. The van der Waals surface area contributed by atoms with Gasteiger partial charge in [-0.05, 0) is 24.6 Å². The van der Waals surface area contributed by atoms with E-state index in [2.05, 4.69) is 5.32 Å². The fraction of sp³-hybridized carbons (Fsp3) is 0.263. The van der Waals surface area contributed by atoms with Crippen LogP contribution in [0.5, 0.6) is 0 Å². The molecule has 2 rings (SSSR count). The molecule has 5 heteroatoms. The summed E-state index contributed by atoms with van der Waals surface area (Å²) in [5.41, 5.74) is 2.37. The van der Waals surface area contributed by atoms with Gasteiger partial charge in [0.2, 0.25) is 5.91 Å². The average Bonchev–Trinajstić information content (AvgIpc) is 2.58. The largest absolute Gasteiger partial charge is 0.387 e. The van der Waals surface area contributed by atoms with Gasteiger partial charge in [0.25, 0.3) is 0 Å². The van der Waals surface area contributed by atoms with Gasteiger partial charge in [-0.1, -0.05) is 53.6 Å². The summed E-state index contributed by atoms with van der Waals surface area (Å²) < 4.78 is 0. The van der Waals surface area contributed by atoms with E-state index >= 15 is 0 Å². The van der Waals surface area contributed by atoms with Gasteiger partial charge in [0.05, 0.1) is 6.10 Å². The van der Waals surface area contributed by atoms with E-state index in [0.717, 1.165) is 5.56 Å². The van der Waals surface area contributed by atoms with Crippen molar-refractivity contribution in [3.8, 4) is 0 Å². The van der Waals surface area contributed by atoms with Crippen molar-refractivity contribution in [2.24, 2.45) is 0 Å². The standard InChI is InChI=1S/C19H20ClNO3/c1-13-2-4-14(5-3-13)17(22)10-11-19(24)21-12-18(23)15-6-8-16(20)9-7-15/h2-9,18,23H,10-12H2,1H3,(H,21,24). The highest BCUT2D eigenvalue weighted by Gasteiger charge is 2.12. The highest BCUT2D eigenvalue weighted by Crippen LogP contribution is 2.15. The first kappa shape index (κ1) is 18.2. The number of aryl methyl sites for hydroxylation is 1. The number of ketones is 1. The van der Waals surface area contributed by atoms with Crippen LogP contribution < -0.4 is 5.32 Å². The Morgan fingerprint density at radius 1 is 1.04 bits per heavy atom. The van der Waals surface area contributed by atoms with E-state index in [1.165, 1.54) is 0 Å². The lowest BCUT2D eigenvalue weighted by atomic mass is 10.0. The zero-order valence-electron chi connectivity index (χ0n) is 13.5. The van der Waals surface area contributed by atoms with Gasteiger partial charge in [-0.2, -0.15) is 0 Å². The highest BCUT2D eigenvalue weighted by molar-refractivity contribution is 6.30. The van der Waals surface area contributed by atoms with Gasteiger partial charge in [-0.3, -0.25) is 9.59 Å². The molecular weight excluding hydrogens is 326 g/mol. The Morgan fingerprint density at radius 2 is 1.67 bits per heavy atom. The maximum atomic E-state index is 12.0. The first-order valence-electron chi connectivity index (χ1n) is 7.76. The van der Waals surface area contributed by atoms with Crippen LogP contribution in [0, 0.1) is 6.92 Å². The third-order valence-corrected chi connectivity index (χ3v) is 3.95. The number of rotatable bonds is 7. The van der Waals surface area contributed by atoms with Crippen LogP contribution in [0.4, 0.5) is 0 Å². The van der Waals surface area contributed by atoms with E-state index in [1.807, 2.05) is 19.1 Å². The minimum atomic E-state index is -0.806. The van der Waals surface area contributed by atoms with Crippen LogP contribution in [0.25, 0.3) is 0 Å². The number of aliphatic hydroxyl groups excluding tert-OH is 1. The van der Waals surface area contributed by atoms with E-state index < -0.39 is 6.10 Å². The summed E-state index contributed by atoms with van der Waals surface area (Å²) in [5.74, 6) is -0.327. The number of carbonyl (C=O) groups excluding carboxylic acids is 2. The molecule has 0 heterocycles. The van der Waals surface area contributed by atoms with E-state index in [1.54, 1.807) is 36.4 Å². The minimum Gasteiger partial charge on any atom is -0.387 e. The fourth-order valence-electron chi connectivity index (χ4n) is 2.21. The van der Waals surface area contributed by atoms with Gasteiger partial charge in [-0.15, -0.1) is 0 Å². The summed E-state index contributed by atoms with van der Waals surface area (Å²) in [6.45, 7) is 2.05. The van der Waals surface area contributed by atoms with Gasteiger partial charge < -0.3 is 10.4 Å². The Balaban J connectivity index is 1.75. The Hall–Kier alpha value is -2.17. The number of halogens is 1. The fourth-order valence-corrected chi connectivity index (χ4v) is 2.34. The molecule has 4 nitrogen and oxygen atoms in total. The molecule has 1 unspecified atom stereocenters. The van der Waals surface area contributed by atoms with Crippen molar-refractivity contribution in [1.82, 2.24) is 5.32 Å². The summed E-state index contributed by atoms with van der Waals surface area (Å²) in [7, 11) is 0. The van der Waals surface area contributed by atoms with E-state index in [4.69, 9.17) is 11.6 Å². The van der Waals surface area contributed by atoms with Crippen molar-refractivity contribution >= 4 is 23.3 Å². The second-order valence-electron chi connectivity index (χ2n) is 5.66. The third kappa shape index (κ3) is 5.48. The van der Waals surface area contributed by atoms with Crippen molar-refractivity contribution < 1.29 is 14.7 Å². The van der Waals surface area contributed by atoms with Crippen molar-refractivity contribution in [2.75, 3.05) is 6.54 Å². The molecule has 126 valence electrons. The molecule has 2 aromatic rings.